The van der Waals surface area contributed by atoms with E-state index in [0.29, 0.717) is 0 Å². The second kappa shape index (κ2) is 9.35. The molecule has 7 heteroatoms. The lowest BCUT2D eigenvalue weighted by atomic mass is 9.98. The third kappa shape index (κ3) is 5.53. The highest BCUT2D eigenvalue weighted by atomic mass is 79.9. The molecule has 150 valence electrons. The zero-order valence-electron chi connectivity index (χ0n) is 15.7. The van der Waals surface area contributed by atoms with Crippen LogP contribution in [-0.2, 0) is 14.8 Å². The van der Waals surface area contributed by atoms with Gasteiger partial charge in [0.1, 0.15) is 0 Å². The summed E-state index contributed by atoms with van der Waals surface area (Å²) in [5.74, 6) is -0.414. The van der Waals surface area contributed by atoms with Gasteiger partial charge in [-0.25, -0.2) is 8.42 Å². The second-order valence-corrected chi connectivity index (χ2v) is 9.19. The van der Waals surface area contributed by atoms with Crippen molar-refractivity contribution in [3.63, 3.8) is 0 Å². The van der Waals surface area contributed by atoms with Crippen molar-refractivity contribution in [1.82, 2.24) is 10.0 Å². The van der Waals surface area contributed by atoms with E-state index in [2.05, 4.69) is 26.0 Å². The smallest absolute Gasteiger partial charge is 0.241 e. The fourth-order valence-electron chi connectivity index (χ4n) is 2.89. The molecule has 0 fully saturated rings. The Morgan fingerprint density at radius 3 is 1.79 bits per heavy atom. The van der Waals surface area contributed by atoms with Crippen molar-refractivity contribution in [3.05, 3.63) is 101 Å². The molecule has 3 aromatic rings. The first kappa shape index (κ1) is 21.2. The Bertz CT molecular complexity index is 1020. The van der Waals surface area contributed by atoms with E-state index in [1.165, 1.54) is 19.1 Å². The largest absolute Gasteiger partial charge is 0.344 e. The maximum absolute atomic E-state index is 12.8. The molecule has 3 aromatic carbocycles. The molecule has 3 rings (SSSR count). The van der Waals surface area contributed by atoms with E-state index in [4.69, 9.17) is 0 Å². The van der Waals surface area contributed by atoms with E-state index in [9.17, 15) is 13.2 Å². The summed E-state index contributed by atoms with van der Waals surface area (Å²) >= 11 is 3.28. The van der Waals surface area contributed by atoms with Gasteiger partial charge in [-0.2, -0.15) is 4.72 Å². The number of hydrogen-bond acceptors (Lipinski definition) is 3. The van der Waals surface area contributed by atoms with Crippen molar-refractivity contribution in [3.8, 4) is 0 Å². The molecule has 0 aliphatic rings. The molecule has 0 saturated carbocycles. The van der Waals surface area contributed by atoms with Crippen LogP contribution >= 0.6 is 15.9 Å². The minimum absolute atomic E-state index is 0.100. The summed E-state index contributed by atoms with van der Waals surface area (Å²) in [6.07, 6.45) is 0. The maximum atomic E-state index is 12.8. The highest BCUT2D eigenvalue weighted by molar-refractivity contribution is 9.10. The topological polar surface area (TPSA) is 75.3 Å². The van der Waals surface area contributed by atoms with Gasteiger partial charge in [0.15, 0.2) is 0 Å². The quantitative estimate of drug-likeness (QED) is 0.545. The lowest BCUT2D eigenvalue weighted by Gasteiger charge is -2.22. The van der Waals surface area contributed by atoms with Crippen LogP contribution in [0.1, 0.15) is 24.1 Å². The molecular weight excluding hydrogens is 452 g/mol. The number of benzene rings is 3. The number of sulfonamides is 1. The molecule has 5 nitrogen and oxygen atoms in total. The summed E-state index contributed by atoms with van der Waals surface area (Å²) < 4.78 is 28.4. The highest BCUT2D eigenvalue weighted by Crippen LogP contribution is 2.22. The van der Waals surface area contributed by atoms with Crippen LogP contribution in [0.15, 0.2) is 94.3 Å². The van der Waals surface area contributed by atoms with E-state index in [1.54, 1.807) is 12.1 Å². The van der Waals surface area contributed by atoms with Gasteiger partial charge in [0.05, 0.1) is 17.0 Å². The Hall–Kier alpha value is -2.48. The van der Waals surface area contributed by atoms with E-state index in [0.717, 1.165) is 15.6 Å². The van der Waals surface area contributed by atoms with Gasteiger partial charge in [0.25, 0.3) is 0 Å². The molecule has 0 spiro atoms. The summed E-state index contributed by atoms with van der Waals surface area (Å²) in [4.78, 5) is 12.9. The number of nitrogens with one attached hydrogen (secondary N) is 2. The summed E-state index contributed by atoms with van der Waals surface area (Å²) in [7, 11) is -3.82. The van der Waals surface area contributed by atoms with E-state index >= 15 is 0 Å². The predicted molar refractivity (Wildman–Crippen MR) is 117 cm³/mol. The number of carbonyl (C=O) groups excluding carboxylic acids is 1. The van der Waals surface area contributed by atoms with Crippen LogP contribution in [0.5, 0.6) is 0 Å². The lowest BCUT2D eigenvalue weighted by Crippen LogP contribution is -2.46. The fourth-order valence-corrected chi connectivity index (χ4v) is 4.35. The number of hydrogen-bond donors (Lipinski definition) is 2. The Labute approximate surface area is 179 Å². The molecule has 0 radical (unpaired) electrons. The van der Waals surface area contributed by atoms with Gasteiger partial charge in [0, 0.05) is 4.47 Å². The van der Waals surface area contributed by atoms with Crippen molar-refractivity contribution < 1.29 is 13.2 Å². The molecule has 0 aliphatic carbocycles. The second-order valence-electron chi connectivity index (χ2n) is 6.56. The zero-order valence-corrected chi connectivity index (χ0v) is 18.2. The Morgan fingerprint density at radius 1 is 0.828 bits per heavy atom. The third-order valence-electron chi connectivity index (χ3n) is 4.40. The Kier molecular flexibility index (Phi) is 6.84. The molecule has 0 bridgehead atoms. The first-order valence-corrected chi connectivity index (χ1v) is 11.3. The molecule has 0 heterocycles. The lowest BCUT2D eigenvalue weighted by molar-refractivity contribution is -0.122. The molecule has 1 amide bonds. The maximum Gasteiger partial charge on any atom is 0.241 e. The average molecular weight is 473 g/mol. The molecule has 2 N–H and O–H groups in total. The summed E-state index contributed by atoms with van der Waals surface area (Å²) in [5.41, 5.74) is 1.82. The molecular formula is C22H21BrN2O3S. The van der Waals surface area contributed by atoms with Crippen LogP contribution in [0.25, 0.3) is 0 Å². The van der Waals surface area contributed by atoms with Crippen LogP contribution in [0.2, 0.25) is 0 Å². The number of amides is 1. The minimum Gasteiger partial charge on any atom is -0.344 e. The molecule has 0 saturated heterocycles. The fraction of sp³-hybridized carbons (Fsp3) is 0.136. The van der Waals surface area contributed by atoms with Gasteiger partial charge in [-0.3, -0.25) is 4.79 Å². The molecule has 0 unspecified atom stereocenters. The first-order valence-electron chi connectivity index (χ1n) is 9.05. The van der Waals surface area contributed by atoms with Gasteiger partial charge in [-0.1, -0.05) is 76.6 Å². The Morgan fingerprint density at radius 2 is 1.31 bits per heavy atom. The average Bonchev–Trinajstić information content (AvgIpc) is 2.73. The van der Waals surface area contributed by atoms with Crippen molar-refractivity contribution in [1.29, 1.82) is 0 Å². The monoisotopic (exact) mass is 472 g/mol. The van der Waals surface area contributed by atoms with Crippen LogP contribution in [-0.4, -0.2) is 20.4 Å². The summed E-state index contributed by atoms with van der Waals surface area (Å²) in [6, 6.07) is 24.0. The van der Waals surface area contributed by atoms with Crippen LogP contribution in [0.4, 0.5) is 0 Å². The summed E-state index contributed by atoms with van der Waals surface area (Å²) in [5, 5.41) is 2.96. The predicted octanol–water partition coefficient (Wildman–Crippen LogP) is 4.02. The molecule has 1 atom stereocenters. The van der Waals surface area contributed by atoms with Crippen molar-refractivity contribution >= 4 is 31.9 Å². The van der Waals surface area contributed by atoms with Gasteiger partial charge in [-0.05, 0) is 42.3 Å². The van der Waals surface area contributed by atoms with Crippen LogP contribution < -0.4 is 10.0 Å². The molecule has 0 aromatic heterocycles. The highest BCUT2D eigenvalue weighted by Gasteiger charge is 2.25. The zero-order chi connectivity index (χ0) is 20.9. The van der Waals surface area contributed by atoms with Crippen molar-refractivity contribution in [2.24, 2.45) is 0 Å². The molecule has 29 heavy (non-hydrogen) atoms. The van der Waals surface area contributed by atoms with E-state index in [-0.39, 0.29) is 10.9 Å². The van der Waals surface area contributed by atoms with Gasteiger partial charge >= 0.3 is 0 Å². The SMILES string of the molecule is C[C@H](NS(=O)(=O)c1ccc(Br)cc1)C(=O)NC(c1ccccc1)c1ccccc1. The van der Waals surface area contributed by atoms with E-state index in [1.807, 2.05) is 60.7 Å². The third-order valence-corrected chi connectivity index (χ3v) is 6.49. The number of halogens is 1. The van der Waals surface area contributed by atoms with Gasteiger partial charge < -0.3 is 5.32 Å². The number of rotatable bonds is 7. The Balaban J connectivity index is 1.78. The number of carbonyl (C=O) groups is 1. The van der Waals surface area contributed by atoms with E-state index < -0.39 is 22.0 Å². The molecule has 0 aliphatic heterocycles. The van der Waals surface area contributed by atoms with Crippen LogP contribution in [0, 0.1) is 0 Å². The standard InChI is InChI=1S/C22H21BrN2O3S/c1-16(25-29(27,28)20-14-12-19(23)13-15-20)22(26)24-21(17-8-4-2-5-9-17)18-10-6-3-7-11-18/h2-16,21,25H,1H3,(H,24,26)/t16-/m0/s1. The minimum atomic E-state index is -3.82. The summed E-state index contributed by atoms with van der Waals surface area (Å²) in [6.45, 7) is 1.53. The van der Waals surface area contributed by atoms with Gasteiger partial charge in [-0.15, -0.1) is 0 Å². The van der Waals surface area contributed by atoms with Crippen molar-refractivity contribution in [2.75, 3.05) is 0 Å². The van der Waals surface area contributed by atoms with Gasteiger partial charge in [0.2, 0.25) is 15.9 Å². The van der Waals surface area contributed by atoms with Crippen molar-refractivity contribution in [2.45, 2.75) is 23.9 Å². The van der Waals surface area contributed by atoms with Crippen LogP contribution in [0.3, 0.4) is 0 Å². The first-order chi connectivity index (χ1) is 13.9. The normalized spacial score (nSPS) is 12.5.